The Labute approximate surface area is 581 Å². The molecule has 0 saturated heterocycles. The molecule has 0 fully saturated rings. The number of rotatable bonds is 74. The Bertz CT molecular complexity index is 1850. The number of esters is 4. The van der Waals surface area contributed by atoms with E-state index in [1.165, 1.54) is 193 Å². The summed E-state index contributed by atoms with van der Waals surface area (Å²) in [6.45, 7) is 11.9. The first kappa shape index (κ1) is 93.1. The van der Waals surface area contributed by atoms with Gasteiger partial charge in [-0.3, -0.25) is 37.3 Å². The molecule has 0 aromatic heterocycles. The van der Waals surface area contributed by atoms with Crippen LogP contribution in [0.3, 0.4) is 0 Å². The summed E-state index contributed by atoms with van der Waals surface area (Å²) in [5, 5.41) is 10.6. The number of phosphoric ester groups is 2. The zero-order chi connectivity index (χ0) is 70.1. The lowest BCUT2D eigenvalue weighted by atomic mass is 10.0. The van der Waals surface area contributed by atoms with E-state index in [9.17, 15) is 43.2 Å². The van der Waals surface area contributed by atoms with Gasteiger partial charge in [-0.05, 0) is 43.4 Å². The van der Waals surface area contributed by atoms with Crippen LogP contribution in [0.2, 0.25) is 0 Å². The van der Waals surface area contributed by atoms with Gasteiger partial charge in [0.25, 0.3) is 0 Å². The molecule has 0 saturated carbocycles. The van der Waals surface area contributed by atoms with Gasteiger partial charge in [-0.25, -0.2) is 9.13 Å². The zero-order valence-electron chi connectivity index (χ0n) is 62.1. The average Bonchev–Trinajstić information content (AvgIpc) is 1.28. The highest BCUT2D eigenvalue weighted by molar-refractivity contribution is 7.47. The maximum Gasteiger partial charge on any atom is 0.472 e. The van der Waals surface area contributed by atoms with Crippen molar-refractivity contribution in [3.8, 4) is 0 Å². The Kier molecular flexibility index (Phi) is 65.2. The van der Waals surface area contributed by atoms with Crippen molar-refractivity contribution < 1.29 is 80.2 Å². The Balaban J connectivity index is 5.19. The number of carbonyl (C=O) groups is 4. The molecular weight excluding hydrogens is 1250 g/mol. The monoisotopic (exact) mass is 1400 g/mol. The highest BCUT2D eigenvalue weighted by atomic mass is 31.2. The van der Waals surface area contributed by atoms with Gasteiger partial charge in [-0.15, -0.1) is 0 Å². The number of aliphatic hydroxyl groups excluding tert-OH is 1. The molecule has 0 aliphatic rings. The molecule has 2 unspecified atom stereocenters. The maximum atomic E-state index is 13.1. The summed E-state index contributed by atoms with van der Waals surface area (Å²) >= 11 is 0. The van der Waals surface area contributed by atoms with E-state index in [4.69, 9.17) is 37.0 Å². The molecule has 95 heavy (non-hydrogen) atoms. The molecule has 0 rings (SSSR count). The number of ether oxygens (including phenoxy) is 4. The molecule has 0 aliphatic heterocycles. The molecule has 0 spiro atoms. The molecule has 5 atom stereocenters. The van der Waals surface area contributed by atoms with E-state index in [1.807, 2.05) is 0 Å². The van der Waals surface area contributed by atoms with Gasteiger partial charge in [0.15, 0.2) is 12.2 Å². The second kappa shape index (κ2) is 66.6. The van der Waals surface area contributed by atoms with Crippen LogP contribution in [0.1, 0.15) is 389 Å². The predicted octanol–water partition coefficient (Wildman–Crippen LogP) is 22.2. The standard InChI is InChI=1S/C76H148O17P2/c1-8-9-10-11-12-13-14-24-29-37-45-52-59-75(80)93-72(64-87-74(79)58-51-44-39-32-35-42-49-56-69(6)7)66-91-95(84,85)89-62-70(77)61-88-94(82,83)90-65-71(63-86-73(78)57-50-43-36-31-26-28-34-41-48-55-68(4)5)92-76(81)60-53-46-38-30-25-22-20-18-16-15-17-19-21-23-27-33-40-47-54-67(2)3/h67-72,77H,8-66H2,1-7H3,(H,82,83)(H,84,85)/t70-,71-,72-/m1/s1. The Morgan fingerprint density at radius 3 is 0.716 bits per heavy atom. The van der Waals surface area contributed by atoms with Gasteiger partial charge in [0.2, 0.25) is 0 Å². The number of aliphatic hydroxyl groups is 1. The van der Waals surface area contributed by atoms with Crippen LogP contribution in [0.5, 0.6) is 0 Å². The summed E-state index contributed by atoms with van der Waals surface area (Å²) in [6, 6.07) is 0. The quantitative estimate of drug-likeness (QED) is 0.0222. The number of hydrogen-bond donors (Lipinski definition) is 3. The molecular formula is C76H148O17P2. The largest absolute Gasteiger partial charge is 0.472 e. The predicted molar refractivity (Wildman–Crippen MR) is 386 cm³/mol. The van der Waals surface area contributed by atoms with Crippen LogP contribution in [0.15, 0.2) is 0 Å². The molecule has 0 amide bonds. The fraction of sp³-hybridized carbons (Fsp3) is 0.947. The Morgan fingerprint density at radius 1 is 0.284 bits per heavy atom. The van der Waals surface area contributed by atoms with E-state index >= 15 is 0 Å². The fourth-order valence-electron chi connectivity index (χ4n) is 11.6. The summed E-state index contributed by atoms with van der Waals surface area (Å²) in [7, 11) is -9.91. The number of phosphoric acid groups is 2. The van der Waals surface area contributed by atoms with Crippen molar-refractivity contribution in [1.82, 2.24) is 0 Å². The van der Waals surface area contributed by atoms with Gasteiger partial charge in [0.05, 0.1) is 26.4 Å². The van der Waals surface area contributed by atoms with Crippen LogP contribution in [-0.4, -0.2) is 96.7 Å². The van der Waals surface area contributed by atoms with Crippen molar-refractivity contribution in [3.63, 3.8) is 0 Å². The summed E-state index contributed by atoms with van der Waals surface area (Å²) in [6.07, 6.45) is 52.9. The molecule has 19 heteroatoms. The van der Waals surface area contributed by atoms with E-state index in [-0.39, 0.29) is 25.7 Å². The first-order chi connectivity index (χ1) is 45.7. The van der Waals surface area contributed by atoms with Crippen LogP contribution in [-0.2, 0) is 65.4 Å². The van der Waals surface area contributed by atoms with Gasteiger partial charge in [-0.1, -0.05) is 337 Å². The molecule has 0 bridgehead atoms. The first-order valence-electron chi connectivity index (χ1n) is 39.3. The number of unbranched alkanes of at least 4 members (excludes halogenated alkanes) is 42. The second-order valence-electron chi connectivity index (χ2n) is 28.8. The third-order valence-electron chi connectivity index (χ3n) is 17.6. The van der Waals surface area contributed by atoms with Gasteiger partial charge in [-0.2, -0.15) is 0 Å². The lowest BCUT2D eigenvalue weighted by molar-refractivity contribution is -0.161. The van der Waals surface area contributed by atoms with Crippen molar-refractivity contribution >= 4 is 39.5 Å². The van der Waals surface area contributed by atoms with E-state index in [2.05, 4.69) is 48.5 Å². The normalized spacial score (nSPS) is 14.1. The third kappa shape index (κ3) is 70.3. The van der Waals surface area contributed by atoms with E-state index in [1.54, 1.807) is 0 Å². The summed E-state index contributed by atoms with van der Waals surface area (Å²) in [4.78, 5) is 72.7. The fourth-order valence-corrected chi connectivity index (χ4v) is 13.2. The van der Waals surface area contributed by atoms with Gasteiger partial charge < -0.3 is 33.8 Å². The minimum atomic E-state index is -4.96. The SMILES string of the molecule is CCCCCCCCCCCCCCC(=O)O[C@H](COC(=O)CCCCCCCCCC(C)C)COP(=O)(O)OC[C@H](O)COP(=O)(O)OC[C@@H](COC(=O)CCCCCCCCCCCC(C)C)OC(=O)CCCCCCCCCCCCCCCCCCCCC(C)C. The third-order valence-corrected chi connectivity index (χ3v) is 19.5. The van der Waals surface area contributed by atoms with Gasteiger partial charge >= 0.3 is 39.5 Å². The molecule has 0 aromatic rings. The van der Waals surface area contributed by atoms with Crippen LogP contribution >= 0.6 is 15.6 Å². The molecule has 0 radical (unpaired) electrons. The molecule has 3 N–H and O–H groups in total. The molecule has 564 valence electrons. The van der Waals surface area contributed by atoms with Crippen LogP contribution in [0.25, 0.3) is 0 Å². The number of hydrogen-bond acceptors (Lipinski definition) is 15. The van der Waals surface area contributed by atoms with Crippen LogP contribution in [0.4, 0.5) is 0 Å². The summed E-state index contributed by atoms with van der Waals surface area (Å²) < 4.78 is 68.5. The van der Waals surface area contributed by atoms with Crippen molar-refractivity contribution in [2.75, 3.05) is 39.6 Å². The van der Waals surface area contributed by atoms with Crippen LogP contribution in [0, 0.1) is 17.8 Å². The smallest absolute Gasteiger partial charge is 0.462 e. The minimum absolute atomic E-state index is 0.106. The molecule has 17 nitrogen and oxygen atoms in total. The summed E-state index contributed by atoms with van der Waals surface area (Å²) in [5.41, 5.74) is 0. The Morgan fingerprint density at radius 2 is 0.484 bits per heavy atom. The molecule has 0 heterocycles. The van der Waals surface area contributed by atoms with Gasteiger partial charge in [0, 0.05) is 25.7 Å². The van der Waals surface area contributed by atoms with Crippen molar-refractivity contribution in [2.45, 2.75) is 407 Å². The van der Waals surface area contributed by atoms with Crippen molar-refractivity contribution in [2.24, 2.45) is 17.8 Å². The second-order valence-corrected chi connectivity index (χ2v) is 31.7. The first-order valence-corrected chi connectivity index (χ1v) is 42.3. The van der Waals surface area contributed by atoms with Crippen molar-refractivity contribution in [3.05, 3.63) is 0 Å². The van der Waals surface area contributed by atoms with Gasteiger partial charge in [0.1, 0.15) is 19.3 Å². The lowest BCUT2D eigenvalue weighted by Gasteiger charge is -2.21. The van der Waals surface area contributed by atoms with Crippen molar-refractivity contribution in [1.29, 1.82) is 0 Å². The number of carbonyl (C=O) groups excluding carboxylic acids is 4. The van der Waals surface area contributed by atoms with E-state index < -0.39 is 97.5 Å². The maximum absolute atomic E-state index is 13.1. The average molecular weight is 1400 g/mol. The molecule has 0 aromatic carbocycles. The topological polar surface area (TPSA) is 237 Å². The lowest BCUT2D eigenvalue weighted by Crippen LogP contribution is -2.30. The highest BCUT2D eigenvalue weighted by Crippen LogP contribution is 2.45. The van der Waals surface area contributed by atoms with E-state index in [0.29, 0.717) is 31.6 Å². The highest BCUT2D eigenvalue weighted by Gasteiger charge is 2.30. The summed E-state index contributed by atoms with van der Waals surface area (Å²) in [5.74, 6) is 0.150. The zero-order valence-corrected chi connectivity index (χ0v) is 63.9. The Hall–Kier alpha value is -1.94. The van der Waals surface area contributed by atoms with E-state index in [0.717, 1.165) is 108 Å². The van der Waals surface area contributed by atoms with Crippen LogP contribution < -0.4 is 0 Å². The minimum Gasteiger partial charge on any atom is -0.462 e. The molecule has 0 aliphatic carbocycles.